The zero-order valence-electron chi connectivity index (χ0n) is 11.3. The van der Waals surface area contributed by atoms with Crippen LogP contribution in [0.15, 0.2) is 18.2 Å². The standard InChI is InChI=1S/C14H22ClN3/c1-4-10(3)18(5-2)9-12-7-6-11(14(16)17)8-13(12)15/h6-8,10H,4-5,9H2,1-3H3,(H3,16,17). The van der Waals surface area contributed by atoms with Crippen LogP contribution >= 0.6 is 11.6 Å². The van der Waals surface area contributed by atoms with Gasteiger partial charge in [-0.05, 0) is 31.5 Å². The van der Waals surface area contributed by atoms with Gasteiger partial charge in [-0.3, -0.25) is 10.3 Å². The second-order valence-electron chi connectivity index (χ2n) is 4.54. The van der Waals surface area contributed by atoms with Crippen molar-refractivity contribution in [3.8, 4) is 0 Å². The molecule has 0 aliphatic rings. The largest absolute Gasteiger partial charge is 0.384 e. The lowest BCUT2D eigenvalue weighted by Gasteiger charge is -2.27. The monoisotopic (exact) mass is 267 g/mol. The third kappa shape index (κ3) is 3.72. The first-order valence-corrected chi connectivity index (χ1v) is 6.74. The van der Waals surface area contributed by atoms with Gasteiger partial charge in [0.2, 0.25) is 0 Å². The molecule has 1 rings (SSSR count). The van der Waals surface area contributed by atoms with E-state index in [2.05, 4.69) is 25.7 Å². The minimum absolute atomic E-state index is 0.0534. The van der Waals surface area contributed by atoms with E-state index < -0.39 is 0 Å². The zero-order valence-corrected chi connectivity index (χ0v) is 12.1. The molecule has 0 saturated heterocycles. The molecule has 100 valence electrons. The zero-order chi connectivity index (χ0) is 13.7. The van der Waals surface area contributed by atoms with Crippen LogP contribution in [0, 0.1) is 5.41 Å². The normalized spacial score (nSPS) is 12.7. The van der Waals surface area contributed by atoms with Gasteiger partial charge in [-0.15, -0.1) is 0 Å². The van der Waals surface area contributed by atoms with Gasteiger partial charge in [0.15, 0.2) is 0 Å². The topological polar surface area (TPSA) is 53.1 Å². The Kier molecular flexibility index (Phi) is 5.63. The fourth-order valence-corrected chi connectivity index (χ4v) is 2.14. The minimum Gasteiger partial charge on any atom is -0.384 e. The number of nitrogens with one attached hydrogen (secondary N) is 1. The van der Waals surface area contributed by atoms with Crippen molar-refractivity contribution in [3.05, 3.63) is 34.3 Å². The molecule has 0 aromatic heterocycles. The lowest BCUT2D eigenvalue weighted by molar-refractivity contribution is 0.206. The van der Waals surface area contributed by atoms with Crippen LogP contribution in [-0.2, 0) is 6.54 Å². The minimum atomic E-state index is 0.0534. The molecule has 3 nitrogen and oxygen atoms in total. The molecule has 1 unspecified atom stereocenters. The molecule has 0 heterocycles. The highest BCUT2D eigenvalue weighted by Crippen LogP contribution is 2.20. The number of amidine groups is 1. The van der Waals surface area contributed by atoms with Crippen LogP contribution in [0.1, 0.15) is 38.3 Å². The third-order valence-corrected chi connectivity index (χ3v) is 3.71. The van der Waals surface area contributed by atoms with Crippen LogP contribution in [-0.4, -0.2) is 23.3 Å². The van der Waals surface area contributed by atoms with E-state index in [1.54, 1.807) is 6.07 Å². The van der Waals surface area contributed by atoms with Gasteiger partial charge in [-0.25, -0.2) is 0 Å². The molecule has 0 radical (unpaired) electrons. The van der Waals surface area contributed by atoms with Crippen molar-refractivity contribution in [3.63, 3.8) is 0 Å². The summed E-state index contributed by atoms with van der Waals surface area (Å²) >= 11 is 6.24. The first-order chi connectivity index (χ1) is 8.49. The van der Waals surface area contributed by atoms with Crippen LogP contribution in [0.3, 0.4) is 0 Å². The Hall–Kier alpha value is -1.06. The number of halogens is 1. The summed E-state index contributed by atoms with van der Waals surface area (Å²) in [6.45, 7) is 8.40. The number of rotatable bonds is 6. The first-order valence-electron chi connectivity index (χ1n) is 6.36. The van der Waals surface area contributed by atoms with Gasteiger partial charge in [0.1, 0.15) is 5.84 Å². The quantitative estimate of drug-likeness (QED) is 0.614. The molecule has 0 fully saturated rings. The van der Waals surface area contributed by atoms with Crippen molar-refractivity contribution >= 4 is 17.4 Å². The predicted molar refractivity (Wildman–Crippen MR) is 78.3 cm³/mol. The Morgan fingerprint density at radius 2 is 2.11 bits per heavy atom. The SMILES string of the molecule is CCC(C)N(CC)Cc1ccc(C(=N)N)cc1Cl. The van der Waals surface area contributed by atoms with Gasteiger partial charge in [-0.2, -0.15) is 0 Å². The van der Waals surface area contributed by atoms with Crippen LogP contribution in [0.4, 0.5) is 0 Å². The molecular weight excluding hydrogens is 246 g/mol. The van der Waals surface area contributed by atoms with Crippen molar-refractivity contribution in [1.82, 2.24) is 4.90 Å². The van der Waals surface area contributed by atoms with Gasteiger partial charge in [0, 0.05) is 23.2 Å². The Morgan fingerprint density at radius 1 is 1.44 bits per heavy atom. The lowest BCUT2D eigenvalue weighted by Crippen LogP contribution is -2.31. The number of hydrogen-bond acceptors (Lipinski definition) is 2. The van der Waals surface area contributed by atoms with E-state index in [1.807, 2.05) is 12.1 Å². The Labute approximate surface area is 114 Å². The van der Waals surface area contributed by atoms with Crippen molar-refractivity contribution in [2.24, 2.45) is 5.73 Å². The van der Waals surface area contributed by atoms with E-state index in [4.69, 9.17) is 22.7 Å². The maximum Gasteiger partial charge on any atom is 0.122 e. The van der Waals surface area contributed by atoms with E-state index in [0.717, 1.165) is 25.1 Å². The number of nitrogen functional groups attached to an aromatic ring is 1. The van der Waals surface area contributed by atoms with Crippen molar-refractivity contribution < 1.29 is 0 Å². The molecular formula is C14H22ClN3. The van der Waals surface area contributed by atoms with E-state index in [1.165, 1.54) is 0 Å². The molecule has 0 spiro atoms. The third-order valence-electron chi connectivity index (χ3n) is 3.36. The molecule has 1 atom stereocenters. The number of benzene rings is 1. The van der Waals surface area contributed by atoms with Gasteiger partial charge in [0.05, 0.1) is 0 Å². The molecule has 0 bridgehead atoms. The Morgan fingerprint density at radius 3 is 2.56 bits per heavy atom. The smallest absolute Gasteiger partial charge is 0.122 e. The lowest BCUT2D eigenvalue weighted by atomic mass is 10.1. The molecule has 1 aromatic carbocycles. The predicted octanol–water partition coefficient (Wildman–Crippen LogP) is 3.24. The summed E-state index contributed by atoms with van der Waals surface area (Å²) in [5, 5.41) is 8.07. The van der Waals surface area contributed by atoms with Crippen LogP contribution in [0.25, 0.3) is 0 Å². The number of nitrogens with two attached hydrogens (primary N) is 1. The molecule has 1 aromatic rings. The number of nitrogens with zero attached hydrogens (tertiary/aromatic N) is 1. The molecule has 3 N–H and O–H groups in total. The van der Waals surface area contributed by atoms with Gasteiger partial charge in [0.25, 0.3) is 0 Å². The van der Waals surface area contributed by atoms with Crippen molar-refractivity contribution in [2.45, 2.75) is 39.8 Å². The second kappa shape index (κ2) is 6.76. The highest BCUT2D eigenvalue weighted by molar-refractivity contribution is 6.31. The second-order valence-corrected chi connectivity index (χ2v) is 4.95. The van der Waals surface area contributed by atoms with Crippen molar-refractivity contribution in [1.29, 1.82) is 5.41 Å². The highest BCUT2D eigenvalue weighted by atomic mass is 35.5. The summed E-state index contributed by atoms with van der Waals surface area (Å²) in [6.07, 6.45) is 1.12. The summed E-state index contributed by atoms with van der Waals surface area (Å²) in [5.74, 6) is 0.0534. The maximum absolute atomic E-state index is 7.39. The summed E-state index contributed by atoms with van der Waals surface area (Å²) in [5.41, 5.74) is 7.21. The molecule has 0 aliphatic heterocycles. The van der Waals surface area contributed by atoms with Crippen molar-refractivity contribution in [2.75, 3.05) is 6.54 Å². The molecule has 4 heteroatoms. The Balaban J connectivity index is 2.87. The summed E-state index contributed by atoms with van der Waals surface area (Å²) in [4.78, 5) is 2.38. The van der Waals surface area contributed by atoms with Crippen LogP contribution < -0.4 is 5.73 Å². The molecule has 18 heavy (non-hydrogen) atoms. The van der Waals surface area contributed by atoms with Gasteiger partial charge >= 0.3 is 0 Å². The first kappa shape index (κ1) is 15.0. The molecule has 0 amide bonds. The van der Waals surface area contributed by atoms with Crippen LogP contribution in [0.5, 0.6) is 0 Å². The van der Waals surface area contributed by atoms with Gasteiger partial charge < -0.3 is 5.73 Å². The molecule has 0 aliphatic carbocycles. The van der Waals surface area contributed by atoms with E-state index >= 15 is 0 Å². The van der Waals surface area contributed by atoms with E-state index in [-0.39, 0.29) is 5.84 Å². The maximum atomic E-state index is 7.39. The fourth-order valence-electron chi connectivity index (χ4n) is 1.90. The van der Waals surface area contributed by atoms with E-state index in [0.29, 0.717) is 16.6 Å². The van der Waals surface area contributed by atoms with E-state index in [9.17, 15) is 0 Å². The molecule has 0 saturated carbocycles. The number of hydrogen-bond donors (Lipinski definition) is 2. The Bertz CT molecular complexity index is 418. The summed E-state index contributed by atoms with van der Waals surface area (Å²) in [7, 11) is 0. The average molecular weight is 268 g/mol. The fraction of sp³-hybridized carbons (Fsp3) is 0.500. The average Bonchev–Trinajstić information content (AvgIpc) is 2.36. The highest BCUT2D eigenvalue weighted by Gasteiger charge is 2.12. The summed E-state index contributed by atoms with van der Waals surface area (Å²) in [6, 6.07) is 6.13. The van der Waals surface area contributed by atoms with Gasteiger partial charge in [-0.1, -0.05) is 37.6 Å². The summed E-state index contributed by atoms with van der Waals surface area (Å²) < 4.78 is 0. The van der Waals surface area contributed by atoms with Crippen LogP contribution in [0.2, 0.25) is 5.02 Å².